The van der Waals surface area contributed by atoms with Crippen LogP contribution in [-0.2, 0) is 0 Å². The van der Waals surface area contributed by atoms with Crippen molar-refractivity contribution in [3.8, 4) is 23.5 Å². The van der Waals surface area contributed by atoms with Crippen LogP contribution in [0.25, 0.3) is 11.1 Å². The minimum atomic E-state index is 0.733. The van der Waals surface area contributed by atoms with E-state index in [9.17, 15) is 0 Å². The topological polar surface area (TPSA) is 0 Å². The molecule has 0 atom stereocenters. The Hall–Kier alpha value is -1.71. The van der Waals surface area contributed by atoms with Crippen LogP contribution >= 0.6 is 11.6 Å². The van der Waals surface area contributed by atoms with E-state index >= 15 is 0 Å². The van der Waals surface area contributed by atoms with Crippen molar-refractivity contribution in [2.24, 2.45) is 0 Å². The van der Waals surface area contributed by atoms with E-state index in [0.29, 0.717) is 0 Å². The quantitative estimate of drug-likeness (QED) is 0.627. The maximum atomic E-state index is 5.83. The lowest BCUT2D eigenvalue weighted by molar-refractivity contribution is 1.58. The van der Waals surface area contributed by atoms with Crippen molar-refractivity contribution in [1.29, 1.82) is 0 Å². The summed E-state index contributed by atoms with van der Waals surface area (Å²) in [6.07, 6.45) is 5.44. The second-order valence-electron chi connectivity index (χ2n) is 3.20. The zero-order valence-corrected chi connectivity index (χ0v) is 8.83. The van der Waals surface area contributed by atoms with E-state index in [0.717, 1.165) is 21.7 Å². The Kier molecular flexibility index (Phi) is 2.76. The third-order valence-electron chi connectivity index (χ3n) is 2.24. The lowest BCUT2D eigenvalue weighted by atomic mass is 10.0. The van der Waals surface area contributed by atoms with Crippen LogP contribution in [0.5, 0.6) is 0 Å². The van der Waals surface area contributed by atoms with Crippen molar-refractivity contribution in [2.45, 2.75) is 0 Å². The van der Waals surface area contributed by atoms with Crippen LogP contribution < -0.4 is 0 Å². The summed E-state index contributed by atoms with van der Waals surface area (Å²) in [7, 11) is 0. The maximum Gasteiger partial charge on any atom is 0.0406 e. The molecule has 0 unspecified atom stereocenters. The number of benzene rings is 2. The second kappa shape index (κ2) is 4.21. The zero-order valence-electron chi connectivity index (χ0n) is 8.07. The molecule has 0 heterocycles. The maximum absolute atomic E-state index is 5.83. The Balaban J connectivity index is 2.55. The minimum absolute atomic E-state index is 0.733. The third kappa shape index (κ3) is 2.03. The summed E-state index contributed by atoms with van der Waals surface area (Å²) < 4.78 is 0. The van der Waals surface area contributed by atoms with E-state index in [1.54, 1.807) is 0 Å². The van der Waals surface area contributed by atoms with Gasteiger partial charge in [0.15, 0.2) is 0 Å². The van der Waals surface area contributed by atoms with Crippen molar-refractivity contribution < 1.29 is 0 Å². The molecule has 15 heavy (non-hydrogen) atoms. The molecule has 0 aliphatic heterocycles. The molecule has 0 aliphatic carbocycles. The summed E-state index contributed by atoms with van der Waals surface area (Å²) >= 11 is 5.83. The SMILES string of the molecule is C#Cc1ccccc1-c1ccc(Cl)cc1. The first-order valence-electron chi connectivity index (χ1n) is 4.63. The summed E-state index contributed by atoms with van der Waals surface area (Å²) in [6, 6.07) is 15.5. The van der Waals surface area contributed by atoms with Crippen LogP contribution in [-0.4, -0.2) is 0 Å². The summed E-state index contributed by atoms with van der Waals surface area (Å²) in [5.41, 5.74) is 3.06. The van der Waals surface area contributed by atoms with Gasteiger partial charge in [-0.3, -0.25) is 0 Å². The van der Waals surface area contributed by atoms with Crippen LogP contribution in [0.3, 0.4) is 0 Å². The highest BCUT2D eigenvalue weighted by atomic mass is 35.5. The Morgan fingerprint density at radius 1 is 0.933 bits per heavy atom. The number of hydrogen-bond acceptors (Lipinski definition) is 0. The monoisotopic (exact) mass is 212 g/mol. The molecule has 0 saturated carbocycles. The lowest BCUT2D eigenvalue weighted by Gasteiger charge is -2.04. The van der Waals surface area contributed by atoms with E-state index in [1.165, 1.54) is 0 Å². The van der Waals surface area contributed by atoms with Crippen molar-refractivity contribution >= 4 is 11.6 Å². The van der Waals surface area contributed by atoms with Gasteiger partial charge in [-0.15, -0.1) is 6.42 Å². The van der Waals surface area contributed by atoms with Crippen LogP contribution in [0.2, 0.25) is 5.02 Å². The fourth-order valence-corrected chi connectivity index (χ4v) is 1.62. The van der Waals surface area contributed by atoms with Gasteiger partial charge in [0.2, 0.25) is 0 Å². The van der Waals surface area contributed by atoms with Crippen LogP contribution in [0.4, 0.5) is 0 Å². The van der Waals surface area contributed by atoms with Gasteiger partial charge in [-0.1, -0.05) is 47.9 Å². The van der Waals surface area contributed by atoms with Gasteiger partial charge in [-0.05, 0) is 29.3 Å². The van der Waals surface area contributed by atoms with Gasteiger partial charge >= 0.3 is 0 Å². The molecule has 0 radical (unpaired) electrons. The van der Waals surface area contributed by atoms with E-state index in [1.807, 2.05) is 48.5 Å². The average Bonchev–Trinajstić information content (AvgIpc) is 2.30. The van der Waals surface area contributed by atoms with E-state index in [2.05, 4.69) is 5.92 Å². The van der Waals surface area contributed by atoms with Crippen molar-refractivity contribution in [3.05, 3.63) is 59.1 Å². The molecule has 0 amide bonds. The summed E-state index contributed by atoms with van der Waals surface area (Å²) in [5.74, 6) is 2.68. The first-order chi connectivity index (χ1) is 7.31. The highest BCUT2D eigenvalue weighted by Crippen LogP contribution is 2.24. The fourth-order valence-electron chi connectivity index (χ4n) is 1.49. The van der Waals surface area contributed by atoms with Crippen LogP contribution in [0.15, 0.2) is 48.5 Å². The van der Waals surface area contributed by atoms with Gasteiger partial charge in [-0.2, -0.15) is 0 Å². The molecule has 2 aromatic carbocycles. The molecular formula is C14H9Cl. The molecule has 72 valence electrons. The van der Waals surface area contributed by atoms with Gasteiger partial charge in [0.1, 0.15) is 0 Å². The summed E-state index contributed by atoms with van der Waals surface area (Å²) in [4.78, 5) is 0. The molecule has 1 heteroatoms. The molecule has 2 rings (SSSR count). The zero-order chi connectivity index (χ0) is 10.7. The Labute approximate surface area is 94.5 Å². The number of rotatable bonds is 1. The Morgan fingerprint density at radius 3 is 2.27 bits per heavy atom. The number of halogens is 1. The smallest absolute Gasteiger partial charge is 0.0406 e. The summed E-state index contributed by atoms with van der Waals surface area (Å²) in [5, 5.41) is 0.733. The fraction of sp³-hybridized carbons (Fsp3) is 0. The minimum Gasteiger partial charge on any atom is -0.115 e. The van der Waals surface area contributed by atoms with Gasteiger partial charge in [0, 0.05) is 10.6 Å². The summed E-state index contributed by atoms with van der Waals surface area (Å²) in [6.45, 7) is 0. The van der Waals surface area contributed by atoms with Crippen molar-refractivity contribution in [3.63, 3.8) is 0 Å². The molecule has 0 spiro atoms. The Morgan fingerprint density at radius 2 is 1.60 bits per heavy atom. The van der Waals surface area contributed by atoms with Gasteiger partial charge in [-0.25, -0.2) is 0 Å². The molecular weight excluding hydrogens is 204 g/mol. The van der Waals surface area contributed by atoms with Gasteiger partial charge < -0.3 is 0 Å². The normalized spacial score (nSPS) is 9.60. The average molecular weight is 213 g/mol. The number of terminal acetylenes is 1. The highest BCUT2D eigenvalue weighted by Gasteiger charge is 2.01. The Bertz CT molecular complexity index is 504. The van der Waals surface area contributed by atoms with Gasteiger partial charge in [0.25, 0.3) is 0 Å². The molecule has 0 saturated heterocycles. The van der Waals surface area contributed by atoms with Crippen molar-refractivity contribution in [2.75, 3.05) is 0 Å². The predicted molar refractivity (Wildman–Crippen MR) is 64.8 cm³/mol. The lowest BCUT2D eigenvalue weighted by Crippen LogP contribution is -1.82. The highest BCUT2D eigenvalue weighted by molar-refractivity contribution is 6.30. The van der Waals surface area contributed by atoms with Crippen LogP contribution in [0.1, 0.15) is 5.56 Å². The molecule has 0 nitrogen and oxygen atoms in total. The third-order valence-corrected chi connectivity index (χ3v) is 2.49. The predicted octanol–water partition coefficient (Wildman–Crippen LogP) is 3.99. The second-order valence-corrected chi connectivity index (χ2v) is 3.63. The number of hydrogen-bond donors (Lipinski definition) is 0. The molecule has 0 aliphatic rings. The van der Waals surface area contributed by atoms with Gasteiger partial charge in [0.05, 0.1) is 0 Å². The molecule has 0 N–H and O–H groups in total. The molecule has 0 fully saturated rings. The standard InChI is InChI=1S/C14H9Cl/c1-2-11-5-3-4-6-14(11)12-7-9-13(15)10-8-12/h1,3-10H. The van der Waals surface area contributed by atoms with Crippen molar-refractivity contribution in [1.82, 2.24) is 0 Å². The van der Waals surface area contributed by atoms with E-state index in [-0.39, 0.29) is 0 Å². The van der Waals surface area contributed by atoms with Crippen LogP contribution in [0, 0.1) is 12.3 Å². The molecule has 0 bridgehead atoms. The molecule has 0 aromatic heterocycles. The first-order valence-corrected chi connectivity index (χ1v) is 5.00. The van der Waals surface area contributed by atoms with E-state index < -0.39 is 0 Å². The van der Waals surface area contributed by atoms with E-state index in [4.69, 9.17) is 18.0 Å². The first kappa shape index (κ1) is 9.83. The molecule has 2 aromatic rings. The largest absolute Gasteiger partial charge is 0.115 e.